The van der Waals surface area contributed by atoms with Gasteiger partial charge in [0.25, 0.3) is 10.0 Å². The zero-order valence-corrected chi connectivity index (χ0v) is 12.7. The molecule has 6 heteroatoms. The summed E-state index contributed by atoms with van der Waals surface area (Å²) < 4.78 is 27.5. The topological polar surface area (TPSA) is 49.4 Å². The van der Waals surface area contributed by atoms with E-state index in [-0.39, 0.29) is 6.04 Å². The highest BCUT2D eigenvalue weighted by atomic mass is 32.2. The van der Waals surface area contributed by atoms with Crippen molar-refractivity contribution in [2.45, 2.75) is 54.9 Å². The first-order valence-electron chi connectivity index (χ1n) is 6.92. The average molecular weight is 300 g/mol. The molecule has 4 nitrogen and oxygen atoms in total. The smallest absolute Gasteiger partial charge is 0.252 e. The molecule has 1 aromatic heterocycles. The first kappa shape index (κ1) is 13.5. The summed E-state index contributed by atoms with van der Waals surface area (Å²) in [6.45, 7) is 2.50. The van der Waals surface area contributed by atoms with E-state index in [4.69, 9.17) is 0 Å². The van der Waals surface area contributed by atoms with E-state index in [2.05, 4.69) is 5.32 Å². The number of thiophene rings is 1. The number of nitrogens with one attached hydrogen (secondary N) is 1. The molecule has 2 fully saturated rings. The molecule has 0 radical (unpaired) electrons. The third-order valence-electron chi connectivity index (χ3n) is 4.23. The number of hydrogen-bond acceptors (Lipinski definition) is 4. The van der Waals surface area contributed by atoms with Gasteiger partial charge in [-0.2, -0.15) is 4.31 Å². The lowest BCUT2D eigenvalue weighted by molar-refractivity contribution is 0.232. The Balaban J connectivity index is 1.85. The van der Waals surface area contributed by atoms with Crippen molar-refractivity contribution in [2.24, 2.45) is 0 Å². The second kappa shape index (κ2) is 5.16. The van der Waals surface area contributed by atoms with Gasteiger partial charge in [0.1, 0.15) is 4.21 Å². The van der Waals surface area contributed by atoms with Crippen LogP contribution in [0.25, 0.3) is 0 Å². The molecule has 1 aromatic rings. The van der Waals surface area contributed by atoms with Gasteiger partial charge in [0.05, 0.1) is 0 Å². The number of rotatable bonds is 4. The normalized spacial score (nSPS) is 30.9. The van der Waals surface area contributed by atoms with E-state index >= 15 is 0 Å². The van der Waals surface area contributed by atoms with Gasteiger partial charge in [-0.1, -0.05) is 13.0 Å². The molecule has 0 aromatic carbocycles. The van der Waals surface area contributed by atoms with Crippen molar-refractivity contribution in [1.29, 1.82) is 0 Å². The predicted molar refractivity (Wildman–Crippen MR) is 76.9 cm³/mol. The van der Waals surface area contributed by atoms with Gasteiger partial charge in [-0.05, 0) is 37.1 Å². The van der Waals surface area contributed by atoms with Crippen LogP contribution in [-0.2, 0) is 10.0 Å². The third kappa shape index (κ3) is 2.46. The van der Waals surface area contributed by atoms with Crippen LogP contribution in [0.15, 0.2) is 21.7 Å². The fourth-order valence-electron chi connectivity index (χ4n) is 3.41. The first-order valence-corrected chi connectivity index (χ1v) is 9.24. The molecule has 2 aliphatic heterocycles. The molecule has 0 aliphatic carbocycles. The third-order valence-corrected chi connectivity index (χ3v) is 7.63. The summed E-state index contributed by atoms with van der Waals surface area (Å²) in [6, 6.07) is 4.69. The Morgan fingerprint density at radius 1 is 1.37 bits per heavy atom. The molecule has 1 N–H and O–H groups in total. The Kier molecular flexibility index (Phi) is 3.68. The minimum atomic E-state index is -3.30. The number of nitrogens with zero attached hydrogens (tertiary/aromatic N) is 1. The van der Waals surface area contributed by atoms with Gasteiger partial charge in [0.2, 0.25) is 0 Å². The van der Waals surface area contributed by atoms with Crippen LogP contribution < -0.4 is 5.32 Å². The molecule has 0 saturated carbocycles. The molecule has 3 rings (SSSR count). The lowest BCUT2D eigenvalue weighted by Gasteiger charge is -2.36. The molecular weight excluding hydrogens is 280 g/mol. The van der Waals surface area contributed by atoms with Crippen LogP contribution >= 0.6 is 11.3 Å². The maximum absolute atomic E-state index is 12.7. The van der Waals surface area contributed by atoms with Crippen molar-refractivity contribution in [3.8, 4) is 0 Å². The summed E-state index contributed by atoms with van der Waals surface area (Å²) >= 11 is 1.31. The predicted octanol–water partition coefficient (Wildman–Crippen LogP) is 2.04. The molecule has 3 heterocycles. The zero-order chi connectivity index (χ0) is 13.5. The molecule has 0 spiro atoms. The molecule has 2 atom stereocenters. The van der Waals surface area contributed by atoms with Crippen molar-refractivity contribution >= 4 is 21.4 Å². The maximum atomic E-state index is 12.7. The van der Waals surface area contributed by atoms with Crippen molar-refractivity contribution in [3.05, 3.63) is 17.5 Å². The standard InChI is InChI=1S/C13H20N2O2S2/c1-2-15(19(16,17)13-4-3-7-18-13)12-8-10-5-6-11(9-12)14-10/h3-4,7,10-12,14H,2,5-6,8-9H2,1H3. The van der Waals surface area contributed by atoms with E-state index in [1.807, 2.05) is 12.3 Å². The van der Waals surface area contributed by atoms with Gasteiger partial charge in [0, 0.05) is 24.7 Å². The van der Waals surface area contributed by atoms with E-state index in [1.54, 1.807) is 16.4 Å². The van der Waals surface area contributed by atoms with Crippen LogP contribution in [0.4, 0.5) is 0 Å². The number of sulfonamides is 1. The molecule has 19 heavy (non-hydrogen) atoms. The molecule has 106 valence electrons. The zero-order valence-electron chi connectivity index (χ0n) is 11.1. The van der Waals surface area contributed by atoms with E-state index < -0.39 is 10.0 Å². The Morgan fingerprint density at radius 2 is 2.05 bits per heavy atom. The average Bonchev–Trinajstić information content (AvgIpc) is 3.00. The Hall–Kier alpha value is -0.430. The largest absolute Gasteiger partial charge is 0.311 e. The van der Waals surface area contributed by atoms with Gasteiger partial charge < -0.3 is 5.32 Å². The van der Waals surface area contributed by atoms with E-state index in [0.29, 0.717) is 22.8 Å². The number of fused-ring (bicyclic) bond motifs is 2. The summed E-state index contributed by atoms with van der Waals surface area (Å²) in [5, 5.41) is 5.39. The highest BCUT2D eigenvalue weighted by molar-refractivity contribution is 7.91. The van der Waals surface area contributed by atoms with Crippen LogP contribution in [0.3, 0.4) is 0 Å². The van der Waals surface area contributed by atoms with Crippen LogP contribution in [0.2, 0.25) is 0 Å². The van der Waals surface area contributed by atoms with Crippen LogP contribution in [0.1, 0.15) is 32.6 Å². The Morgan fingerprint density at radius 3 is 2.58 bits per heavy atom. The molecule has 2 unspecified atom stereocenters. The molecule has 0 amide bonds. The summed E-state index contributed by atoms with van der Waals surface area (Å²) in [5.41, 5.74) is 0. The minimum Gasteiger partial charge on any atom is -0.311 e. The lowest BCUT2D eigenvalue weighted by Crippen LogP contribution is -2.49. The second-order valence-corrected chi connectivity index (χ2v) is 8.47. The quantitative estimate of drug-likeness (QED) is 0.926. The van der Waals surface area contributed by atoms with Crippen LogP contribution in [0.5, 0.6) is 0 Å². The fraction of sp³-hybridized carbons (Fsp3) is 0.692. The monoisotopic (exact) mass is 300 g/mol. The maximum Gasteiger partial charge on any atom is 0.252 e. The lowest BCUT2D eigenvalue weighted by atomic mass is 10.00. The molecule has 2 aliphatic rings. The first-order chi connectivity index (χ1) is 9.11. The Bertz CT molecular complexity index is 515. The summed E-state index contributed by atoms with van der Waals surface area (Å²) in [4.78, 5) is 0. The summed E-state index contributed by atoms with van der Waals surface area (Å²) in [7, 11) is -3.30. The van der Waals surface area contributed by atoms with E-state index in [0.717, 1.165) is 12.8 Å². The molecular formula is C13H20N2O2S2. The summed E-state index contributed by atoms with van der Waals surface area (Å²) in [6.07, 6.45) is 4.29. The minimum absolute atomic E-state index is 0.163. The van der Waals surface area contributed by atoms with E-state index in [9.17, 15) is 8.42 Å². The van der Waals surface area contributed by atoms with Crippen LogP contribution in [-0.4, -0.2) is 37.4 Å². The van der Waals surface area contributed by atoms with Crippen molar-refractivity contribution in [2.75, 3.05) is 6.54 Å². The van der Waals surface area contributed by atoms with Gasteiger partial charge >= 0.3 is 0 Å². The molecule has 2 saturated heterocycles. The van der Waals surface area contributed by atoms with Crippen molar-refractivity contribution in [1.82, 2.24) is 9.62 Å². The van der Waals surface area contributed by atoms with E-state index in [1.165, 1.54) is 24.2 Å². The highest BCUT2D eigenvalue weighted by Crippen LogP contribution is 2.33. The number of hydrogen-bond donors (Lipinski definition) is 1. The van der Waals surface area contributed by atoms with Gasteiger partial charge in [-0.15, -0.1) is 11.3 Å². The van der Waals surface area contributed by atoms with Crippen molar-refractivity contribution in [3.63, 3.8) is 0 Å². The SMILES string of the molecule is CCN(C1CC2CCC(C1)N2)S(=O)(=O)c1cccs1. The fourth-order valence-corrected chi connectivity index (χ4v) is 6.19. The van der Waals surface area contributed by atoms with Gasteiger partial charge in [-0.25, -0.2) is 8.42 Å². The van der Waals surface area contributed by atoms with Gasteiger partial charge in [0.15, 0.2) is 0 Å². The van der Waals surface area contributed by atoms with Crippen molar-refractivity contribution < 1.29 is 8.42 Å². The van der Waals surface area contributed by atoms with Gasteiger partial charge in [-0.3, -0.25) is 0 Å². The summed E-state index contributed by atoms with van der Waals surface area (Å²) in [5.74, 6) is 0. The second-order valence-electron chi connectivity index (χ2n) is 5.40. The Labute approximate surface area is 118 Å². The highest BCUT2D eigenvalue weighted by Gasteiger charge is 2.39. The van der Waals surface area contributed by atoms with Crippen LogP contribution in [0, 0.1) is 0 Å². The number of piperidine rings is 1. The molecule has 2 bridgehead atoms.